The molecule has 2 rings (SSSR count). The molecule has 0 aliphatic carbocycles. The fourth-order valence-electron chi connectivity index (χ4n) is 2.61. The second-order valence-electron chi connectivity index (χ2n) is 6.49. The van der Waals surface area contributed by atoms with Gasteiger partial charge in [-0.2, -0.15) is 11.8 Å². The lowest BCUT2D eigenvalue weighted by Gasteiger charge is -2.18. The molecule has 1 unspecified atom stereocenters. The van der Waals surface area contributed by atoms with Crippen molar-refractivity contribution in [2.24, 2.45) is 0 Å². The first kappa shape index (κ1) is 23.0. The van der Waals surface area contributed by atoms with Gasteiger partial charge in [-0.15, -0.1) is 6.42 Å². The molecule has 7 heteroatoms. The van der Waals surface area contributed by atoms with E-state index in [-0.39, 0.29) is 25.4 Å². The van der Waals surface area contributed by atoms with Crippen molar-refractivity contribution in [2.45, 2.75) is 19.1 Å². The summed E-state index contributed by atoms with van der Waals surface area (Å²) in [6.45, 7) is -0.0359. The Morgan fingerprint density at radius 1 is 1.07 bits per heavy atom. The predicted octanol–water partition coefficient (Wildman–Crippen LogP) is 2.55. The molecular formula is C23H24N2O4S. The zero-order valence-electron chi connectivity index (χ0n) is 16.7. The van der Waals surface area contributed by atoms with Gasteiger partial charge in [-0.3, -0.25) is 9.59 Å². The molecule has 156 valence electrons. The Kier molecular flexibility index (Phi) is 9.49. The van der Waals surface area contributed by atoms with Crippen LogP contribution in [0.25, 0.3) is 0 Å². The summed E-state index contributed by atoms with van der Waals surface area (Å²) in [5, 5.41) is 5.18. The molecule has 0 aliphatic rings. The topological polar surface area (TPSA) is 84.5 Å². The first-order valence-corrected chi connectivity index (χ1v) is 10.7. The summed E-state index contributed by atoms with van der Waals surface area (Å²) in [6.07, 6.45) is 6.69. The maximum absolute atomic E-state index is 12.6. The minimum atomic E-state index is -0.870. The molecule has 0 fully saturated rings. The molecule has 0 heterocycles. The van der Waals surface area contributed by atoms with Crippen LogP contribution in [0.1, 0.15) is 16.7 Å². The number of ether oxygens (including phenoxy) is 1. The maximum atomic E-state index is 12.6. The van der Waals surface area contributed by atoms with E-state index >= 15 is 0 Å². The number of hydrogen-bond acceptors (Lipinski definition) is 5. The molecule has 0 saturated heterocycles. The van der Waals surface area contributed by atoms with E-state index in [1.165, 1.54) is 11.8 Å². The van der Waals surface area contributed by atoms with E-state index in [1.54, 1.807) is 24.3 Å². The summed E-state index contributed by atoms with van der Waals surface area (Å²) in [6, 6.07) is 15.5. The maximum Gasteiger partial charge on any atom is 0.408 e. The van der Waals surface area contributed by atoms with Crippen LogP contribution in [0.4, 0.5) is 4.79 Å². The zero-order valence-corrected chi connectivity index (χ0v) is 17.5. The molecular weight excluding hydrogens is 400 g/mol. The Hall–Kier alpha value is -3.24. The number of thioether (sulfide) groups is 1. The number of hydrogen-bond donors (Lipinski definition) is 2. The molecule has 1 atom stereocenters. The first-order chi connectivity index (χ1) is 14.5. The highest BCUT2D eigenvalue weighted by atomic mass is 32.2. The van der Waals surface area contributed by atoms with Crippen molar-refractivity contribution < 1.29 is 19.1 Å². The Labute approximate surface area is 180 Å². The van der Waals surface area contributed by atoms with Gasteiger partial charge >= 0.3 is 6.09 Å². The summed E-state index contributed by atoms with van der Waals surface area (Å²) in [4.78, 5) is 36.5. The van der Waals surface area contributed by atoms with Gasteiger partial charge in [-0.1, -0.05) is 48.4 Å². The fraction of sp³-hybridized carbons (Fsp3) is 0.261. The third kappa shape index (κ3) is 8.02. The van der Waals surface area contributed by atoms with E-state index in [9.17, 15) is 14.4 Å². The van der Waals surface area contributed by atoms with Crippen molar-refractivity contribution in [1.82, 2.24) is 10.6 Å². The number of Topliss-reactive ketones (excluding diaryl/α,β-unsaturated/α-hetero) is 1. The fourth-order valence-corrected chi connectivity index (χ4v) is 3.03. The molecule has 0 radical (unpaired) electrons. The summed E-state index contributed by atoms with van der Waals surface area (Å²) >= 11 is 1.39. The number of benzene rings is 2. The van der Waals surface area contributed by atoms with Crippen molar-refractivity contribution in [3.8, 4) is 12.3 Å². The average Bonchev–Trinajstić information content (AvgIpc) is 2.77. The number of alkyl carbamates (subject to hydrolysis) is 1. The Morgan fingerprint density at radius 3 is 2.40 bits per heavy atom. The molecule has 2 N–H and O–H groups in total. The third-order valence-electron chi connectivity index (χ3n) is 4.15. The molecule has 2 amide bonds. The van der Waals surface area contributed by atoms with Gasteiger partial charge in [0.1, 0.15) is 12.6 Å². The molecule has 0 saturated carbocycles. The number of carbonyl (C=O) groups is 3. The lowest BCUT2D eigenvalue weighted by molar-refractivity contribution is -0.125. The van der Waals surface area contributed by atoms with Crippen LogP contribution in [-0.4, -0.2) is 42.4 Å². The first-order valence-electron chi connectivity index (χ1n) is 9.33. The number of terminal acetylenes is 1. The highest BCUT2D eigenvalue weighted by Crippen LogP contribution is 2.07. The third-order valence-corrected chi connectivity index (χ3v) is 4.76. The van der Waals surface area contributed by atoms with Crippen LogP contribution in [0.3, 0.4) is 0 Å². The number of nitrogens with one attached hydrogen (secondary N) is 2. The van der Waals surface area contributed by atoms with Crippen molar-refractivity contribution in [2.75, 3.05) is 18.6 Å². The summed E-state index contributed by atoms with van der Waals surface area (Å²) in [7, 11) is 0. The molecule has 2 aromatic rings. The van der Waals surface area contributed by atoms with Crippen molar-refractivity contribution in [3.63, 3.8) is 0 Å². The number of carbonyl (C=O) groups excluding carboxylic acids is 3. The molecule has 0 spiro atoms. The zero-order chi connectivity index (χ0) is 21.8. The van der Waals surface area contributed by atoms with E-state index in [0.29, 0.717) is 5.75 Å². The van der Waals surface area contributed by atoms with Gasteiger partial charge < -0.3 is 15.4 Å². The van der Waals surface area contributed by atoms with Crippen molar-refractivity contribution in [1.29, 1.82) is 0 Å². The van der Waals surface area contributed by atoms with E-state index in [4.69, 9.17) is 11.2 Å². The van der Waals surface area contributed by atoms with Crippen molar-refractivity contribution >= 4 is 29.5 Å². The predicted molar refractivity (Wildman–Crippen MR) is 118 cm³/mol. The van der Waals surface area contributed by atoms with E-state index in [1.807, 2.05) is 36.6 Å². The van der Waals surface area contributed by atoms with Crippen LogP contribution >= 0.6 is 11.8 Å². The summed E-state index contributed by atoms with van der Waals surface area (Å²) in [5.74, 6) is 2.30. The van der Waals surface area contributed by atoms with Crippen LogP contribution in [0.15, 0.2) is 54.6 Å². The Bertz CT molecular complexity index is 892. The largest absolute Gasteiger partial charge is 0.445 e. The quantitative estimate of drug-likeness (QED) is 0.573. The van der Waals surface area contributed by atoms with Gasteiger partial charge in [0.2, 0.25) is 5.91 Å². The smallest absolute Gasteiger partial charge is 0.408 e. The average molecular weight is 425 g/mol. The highest BCUT2D eigenvalue weighted by Gasteiger charge is 2.22. The van der Waals surface area contributed by atoms with E-state index in [0.717, 1.165) is 16.7 Å². The van der Waals surface area contributed by atoms with Crippen LogP contribution < -0.4 is 10.6 Å². The lowest BCUT2D eigenvalue weighted by atomic mass is 10.1. The van der Waals surface area contributed by atoms with Gasteiger partial charge in [-0.05, 0) is 29.5 Å². The van der Waals surface area contributed by atoms with Gasteiger partial charge in [0.25, 0.3) is 0 Å². The molecule has 0 aromatic heterocycles. The van der Waals surface area contributed by atoms with Crippen LogP contribution in [-0.2, 0) is 27.4 Å². The Balaban J connectivity index is 1.96. The standard InChI is InChI=1S/C23H24N2O4S/c1-3-17-9-11-19(12-10-17)15-29-23(28)25-21(13-18-7-5-4-6-8-18)22(27)24-14-20(26)16-30-2/h1,4-12,21H,13-16H2,2H3,(H,24,27)(H,25,28). The second-order valence-corrected chi connectivity index (χ2v) is 7.36. The SMILES string of the molecule is C#Cc1ccc(COC(=O)NC(Cc2ccccc2)C(=O)NCC(=O)CSC)cc1. The van der Waals surface area contributed by atoms with Gasteiger partial charge in [0.15, 0.2) is 5.78 Å². The Morgan fingerprint density at radius 2 is 1.77 bits per heavy atom. The molecule has 2 aromatic carbocycles. The summed E-state index contributed by atoms with van der Waals surface area (Å²) in [5.41, 5.74) is 2.38. The molecule has 0 aliphatic heterocycles. The van der Waals surface area contributed by atoms with Crippen molar-refractivity contribution in [3.05, 3.63) is 71.3 Å². The number of rotatable bonds is 10. The van der Waals surface area contributed by atoms with Crippen LogP contribution in [0.5, 0.6) is 0 Å². The second kappa shape index (κ2) is 12.3. The highest BCUT2D eigenvalue weighted by molar-refractivity contribution is 7.99. The molecule has 30 heavy (non-hydrogen) atoms. The normalized spacial score (nSPS) is 11.1. The minimum Gasteiger partial charge on any atom is -0.445 e. The van der Waals surface area contributed by atoms with Gasteiger partial charge in [0, 0.05) is 12.0 Å². The van der Waals surface area contributed by atoms with Gasteiger partial charge in [0.05, 0.1) is 12.3 Å². The minimum absolute atomic E-state index is 0.0442. The summed E-state index contributed by atoms with van der Waals surface area (Å²) < 4.78 is 5.23. The van der Waals surface area contributed by atoms with E-state index < -0.39 is 18.0 Å². The van der Waals surface area contributed by atoms with E-state index in [2.05, 4.69) is 16.6 Å². The lowest BCUT2D eigenvalue weighted by Crippen LogP contribution is -2.49. The molecule has 6 nitrogen and oxygen atoms in total. The van der Waals surface area contributed by atoms with Crippen LogP contribution in [0, 0.1) is 12.3 Å². The molecule has 0 bridgehead atoms. The number of amides is 2. The van der Waals surface area contributed by atoms with Gasteiger partial charge in [-0.25, -0.2) is 4.79 Å². The van der Waals surface area contributed by atoms with Crippen LogP contribution in [0.2, 0.25) is 0 Å². The monoisotopic (exact) mass is 424 g/mol. The number of ketones is 1.